The zero-order valence-electron chi connectivity index (χ0n) is 9.53. The average molecular weight is 360 g/mol. The second-order valence-corrected chi connectivity index (χ2v) is 5.54. The van der Waals surface area contributed by atoms with Crippen molar-refractivity contribution in [2.45, 2.75) is 6.18 Å². The maximum Gasteiger partial charge on any atom is 0.417 e. The molecule has 0 heterocycles. The lowest BCUT2D eigenvalue weighted by molar-refractivity contribution is -0.137. The lowest BCUT2D eigenvalue weighted by Gasteiger charge is -2.14. The molecule has 106 valence electrons. The lowest BCUT2D eigenvalue weighted by atomic mass is 10.0. The molecule has 0 atom stereocenters. The highest BCUT2D eigenvalue weighted by atomic mass is 35.5. The highest BCUT2D eigenvalue weighted by Gasteiger charge is 2.34. The topological polar surface area (TPSA) is 0 Å². The first kappa shape index (κ1) is 15.8. The third-order valence-corrected chi connectivity index (χ3v) is 3.80. The summed E-state index contributed by atoms with van der Waals surface area (Å²) in [6.45, 7) is 0. The largest absolute Gasteiger partial charge is 0.417 e. The van der Waals surface area contributed by atoms with Crippen LogP contribution in [-0.4, -0.2) is 0 Å². The molecule has 0 spiro atoms. The fraction of sp³-hybridized carbons (Fsp3) is 0.0769. The predicted molar refractivity (Wildman–Crippen MR) is 76.9 cm³/mol. The minimum atomic E-state index is -4.56. The molecule has 0 bridgehead atoms. The van der Waals surface area contributed by atoms with Gasteiger partial charge in [0.15, 0.2) is 0 Å². The molecule has 0 unspecified atom stereocenters. The Morgan fingerprint density at radius 3 is 1.90 bits per heavy atom. The number of rotatable bonds is 1. The number of hydrogen-bond acceptors (Lipinski definition) is 0. The van der Waals surface area contributed by atoms with Crippen molar-refractivity contribution >= 4 is 46.4 Å². The van der Waals surface area contributed by atoms with Gasteiger partial charge in [-0.3, -0.25) is 0 Å². The van der Waals surface area contributed by atoms with Crippen LogP contribution in [0.5, 0.6) is 0 Å². The standard InChI is InChI=1S/C13H5Cl4F3/c14-6-4-9(15)11(10(16)5-6)7-2-1-3-8(12(7)17)13(18,19)20/h1-5H. The van der Waals surface area contributed by atoms with Gasteiger partial charge >= 0.3 is 6.18 Å². The third kappa shape index (κ3) is 3.01. The molecule has 0 saturated carbocycles. The third-order valence-electron chi connectivity index (χ3n) is 2.58. The van der Waals surface area contributed by atoms with Gasteiger partial charge in [-0.1, -0.05) is 58.5 Å². The predicted octanol–water partition coefficient (Wildman–Crippen LogP) is 6.99. The summed E-state index contributed by atoms with van der Waals surface area (Å²) in [5, 5.41) is 0.0884. The van der Waals surface area contributed by atoms with Gasteiger partial charge in [-0.25, -0.2) is 0 Å². The van der Waals surface area contributed by atoms with E-state index in [4.69, 9.17) is 46.4 Å². The van der Waals surface area contributed by atoms with Crippen LogP contribution in [-0.2, 0) is 6.18 Å². The zero-order valence-corrected chi connectivity index (χ0v) is 12.6. The molecular weight excluding hydrogens is 355 g/mol. The van der Waals surface area contributed by atoms with E-state index in [2.05, 4.69) is 0 Å². The van der Waals surface area contributed by atoms with Gasteiger partial charge in [-0.2, -0.15) is 13.2 Å². The normalized spacial score (nSPS) is 11.8. The Labute approximate surface area is 133 Å². The Kier molecular flexibility index (Phi) is 4.45. The molecule has 0 radical (unpaired) electrons. The maximum atomic E-state index is 12.8. The van der Waals surface area contributed by atoms with E-state index in [9.17, 15) is 13.2 Å². The van der Waals surface area contributed by atoms with Gasteiger partial charge in [0.05, 0.1) is 20.6 Å². The first-order valence-corrected chi connectivity index (χ1v) is 6.73. The van der Waals surface area contributed by atoms with Gasteiger partial charge in [0.25, 0.3) is 0 Å². The summed E-state index contributed by atoms with van der Waals surface area (Å²) in [6.07, 6.45) is -4.56. The van der Waals surface area contributed by atoms with E-state index in [0.717, 1.165) is 6.07 Å². The van der Waals surface area contributed by atoms with Gasteiger partial charge < -0.3 is 0 Å². The van der Waals surface area contributed by atoms with E-state index in [1.165, 1.54) is 24.3 Å². The van der Waals surface area contributed by atoms with E-state index >= 15 is 0 Å². The van der Waals surface area contributed by atoms with Crippen molar-refractivity contribution in [1.29, 1.82) is 0 Å². The van der Waals surface area contributed by atoms with Crippen LogP contribution in [0.1, 0.15) is 5.56 Å². The Hall–Kier alpha value is -0.610. The molecule has 0 aliphatic carbocycles. The molecule has 2 aromatic carbocycles. The summed E-state index contributed by atoms with van der Waals surface area (Å²) >= 11 is 23.6. The van der Waals surface area contributed by atoms with E-state index in [-0.39, 0.29) is 26.2 Å². The smallest absolute Gasteiger partial charge is 0.166 e. The van der Waals surface area contributed by atoms with Gasteiger partial charge in [0.1, 0.15) is 0 Å². The number of halogens is 7. The average Bonchev–Trinajstić information content (AvgIpc) is 2.28. The first-order chi connectivity index (χ1) is 9.21. The molecule has 0 N–H and O–H groups in total. The van der Waals surface area contributed by atoms with Crippen LogP contribution in [0.2, 0.25) is 20.1 Å². The van der Waals surface area contributed by atoms with Crippen LogP contribution >= 0.6 is 46.4 Å². The van der Waals surface area contributed by atoms with Crippen LogP contribution in [0.15, 0.2) is 30.3 Å². The second kappa shape index (κ2) is 5.64. The van der Waals surface area contributed by atoms with Gasteiger partial charge in [0, 0.05) is 16.1 Å². The minimum absolute atomic E-state index is 0.105. The van der Waals surface area contributed by atoms with Gasteiger partial charge in [-0.05, 0) is 18.2 Å². The van der Waals surface area contributed by atoms with E-state index < -0.39 is 16.8 Å². The molecule has 0 aliphatic rings. The maximum absolute atomic E-state index is 12.8. The van der Waals surface area contributed by atoms with Crippen LogP contribution in [0.4, 0.5) is 13.2 Å². The summed E-state index contributed by atoms with van der Waals surface area (Å²) in [5.41, 5.74) is -0.624. The van der Waals surface area contributed by atoms with Crippen molar-refractivity contribution in [2.24, 2.45) is 0 Å². The molecule has 7 heteroatoms. The van der Waals surface area contributed by atoms with Crippen molar-refractivity contribution in [3.05, 3.63) is 56.0 Å². The van der Waals surface area contributed by atoms with Crippen LogP contribution in [0.25, 0.3) is 11.1 Å². The van der Waals surface area contributed by atoms with Crippen molar-refractivity contribution in [3.8, 4) is 11.1 Å². The quantitative estimate of drug-likeness (QED) is 0.514. The van der Waals surface area contributed by atoms with Crippen molar-refractivity contribution in [1.82, 2.24) is 0 Å². The summed E-state index contributed by atoms with van der Waals surface area (Å²) in [5.74, 6) is 0. The molecule has 20 heavy (non-hydrogen) atoms. The van der Waals surface area contributed by atoms with E-state index in [0.29, 0.717) is 0 Å². The molecule has 2 rings (SSSR count). The van der Waals surface area contributed by atoms with E-state index in [1.54, 1.807) is 0 Å². The second-order valence-electron chi connectivity index (χ2n) is 3.91. The molecule has 2 aromatic rings. The van der Waals surface area contributed by atoms with Crippen molar-refractivity contribution in [2.75, 3.05) is 0 Å². The number of alkyl halides is 3. The molecule has 0 aliphatic heterocycles. The first-order valence-electron chi connectivity index (χ1n) is 5.22. The van der Waals surface area contributed by atoms with Crippen molar-refractivity contribution < 1.29 is 13.2 Å². The van der Waals surface area contributed by atoms with E-state index in [1.807, 2.05) is 0 Å². The SMILES string of the molecule is FC(F)(F)c1cccc(-c2c(Cl)cc(Cl)cc2Cl)c1Cl. The summed E-state index contributed by atoms with van der Waals surface area (Å²) in [6, 6.07) is 6.33. The monoisotopic (exact) mass is 358 g/mol. The highest BCUT2D eigenvalue weighted by molar-refractivity contribution is 6.43. The molecular formula is C13H5Cl4F3. The molecule has 0 saturated heterocycles. The summed E-state index contributed by atoms with van der Waals surface area (Å²) < 4.78 is 38.5. The highest BCUT2D eigenvalue weighted by Crippen LogP contribution is 2.44. The van der Waals surface area contributed by atoms with Crippen molar-refractivity contribution in [3.63, 3.8) is 0 Å². The number of hydrogen-bond donors (Lipinski definition) is 0. The van der Waals surface area contributed by atoms with Crippen LogP contribution in [0.3, 0.4) is 0 Å². The summed E-state index contributed by atoms with van der Waals surface area (Å²) in [7, 11) is 0. The fourth-order valence-electron chi connectivity index (χ4n) is 1.74. The Balaban J connectivity index is 2.72. The minimum Gasteiger partial charge on any atom is -0.166 e. The van der Waals surface area contributed by atoms with Gasteiger partial charge in [0.2, 0.25) is 0 Å². The Bertz CT molecular complexity index is 642. The Morgan fingerprint density at radius 1 is 0.850 bits per heavy atom. The van der Waals surface area contributed by atoms with Crippen LogP contribution in [0, 0.1) is 0 Å². The fourth-order valence-corrected chi connectivity index (χ4v) is 3.09. The molecule has 0 aromatic heterocycles. The Morgan fingerprint density at radius 2 is 1.40 bits per heavy atom. The molecule has 0 fully saturated rings. The molecule has 0 amide bonds. The summed E-state index contributed by atoms with van der Waals surface area (Å²) in [4.78, 5) is 0. The molecule has 0 nitrogen and oxygen atoms in total. The zero-order chi connectivity index (χ0) is 15.1. The lowest BCUT2D eigenvalue weighted by Crippen LogP contribution is -2.06. The number of benzene rings is 2. The van der Waals surface area contributed by atoms with Gasteiger partial charge in [-0.15, -0.1) is 0 Å². The van der Waals surface area contributed by atoms with Crippen LogP contribution < -0.4 is 0 Å².